The van der Waals surface area contributed by atoms with E-state index in [2.05, 4.69) is 8.37 Å². The van der Waals surface area contributed by atoms with Crippen LogP contribution in [0.15, 0.2) is 0 Å². The number of hydrogen-bond donors (Lipinski definition) is 0. The molecule has 6 nitrogen and oxygen atoms in total. The van der Waals surface area contributed by atoms with E-state index in [-0.39, 0.29) is 19.5 Å². The van der Waals surface area contributed by atoms with Crippen LogP contribution in [0, 0.1) is 0 Å². The number of rotatable bonds is 2. The van der Waals surface area contributed by atoms with Gasteiger partial charge in [-0.25, -0.2) is 0 Å². The second kappa shape index (κ2) is 9.02. The molecule has 0 aromatic rings. The monoisotopic (exact) mass is 400 g/mol. The van der Waals surface area contributed by atoms with Crippen LogP contribution in [-0.4, -0.2) is 12.7 Å². The van der Waals surface area contributed by atoms with Crippen molar-refractivity contribution < 1.29 is 71.0 Å². The second-order valence-corrected chi connectivity index (χ2v) is 2.62. The molecule has 0 aromatic carbocycles. The summed E-state index contributed by atoms with van der Waals surface area (Å²) in [6, 6.07) is 0. The first-order valence-electron chi connectivity index (χ1n) is 2.54. The molecule has 0 rings (SSSR count). The van der Waals surface area contributed by atoms with Crippen LogP contribution in [0.5, 0.6) is 0 Å². The fourth-order valence-corrected chi connectivity index (χ4v) is 0.463. The summed E-state index contributed by atoms with van der Waals surface area (Å²) in [5, 5.41) is 0. The van der Waals surface area contributed by atoms with Crippen molar-refractivity contribution in [2.24, 2.45) is 0 Å². The Morgan fingerprint density at radius 1 is 0.647 bits per heavy atom. The third-order valence-corrected chi connectivity index (χ3v) is 0.975. The summed E-state index contributed by atoms with van der Waals surface area (Å²) >= 11 is 0. The van der Waals surface area contributed by atoms with Gasteiger partial charge in [-0.1, -0.05) is 0 Å². The van der Waals surface area contributed by atoms with Crippen LogP contribution in [0.1, 0.15) is 0 Å². The maximum absolute atomic E-state index is 10.7. The predicted octanol–water partition coefficient (Wildman–Crippen LogP) is 1.49. The molecule has 0 fully saturated rings. The van der Waals surface area contributed by atoms with Gasteiger partial charge in [-0.3, -0.25) is 0 Å². The molecule has 0 unspecified atom stereocenters. The van der Waals surface area contributed by atoms with Crippen LogP contribution in [0.3, 0.4) is 0 Å². The van der Waals surface area contributed by atoms with Crippen LogP contribution in [0.25, 0.3) is 0 Å². The molecule has 0 N–H and O–H groups in total. The van der Waals surface area contributed by atoms with E-state index in [9.17, 15) is 26.3 Å². The summed E-state index contributed by atoms with van der Waals surface area (Å²) in [5.74, 6) is 0. The molecule has 17 heavy (non-hydrogen) atoms. The molecule has 0 spiro atoms. The number of hydrogen-bond acceptors (Lipinski definition) is 8. The molecule has 0 aromatic heterocycles. The summed E-state index contributed by atoms with van der Waals surface area (Å²) in [6.07, 6.45) is -10.2. The van der Waals surface area contributed by atoms with Crippen molar-refractivity contribution >= 4 is 22.0 Å². The standard InChI is InChI=1S/2CF3O3S.Ru/c2*2-1(3,4)7-8(5)6;/q2*-1;+2. The van der Waals surface area contributed by atoms with Gasteiger partial charge in [-0.05, 0) is 0 Å². The summed E-state index contributed by atoms with van der Waals surface area (Å²) in [6.45, 7) is 0. The fraction of sp³-hybridized carbons (Fsp3) is 1.00. The Bertz CT molecular complexity index is 291. The van der Waals surface area contributed by atoms with Crippen LogP contribution in [0.2, 0.25) is 0 Å². The van der Waals surface area contributed by atoms with Gasteiger partial charge in [0.25, 0.3) is 0 Å². The summed E-state index contributed by atoms with van der Waals surface area (Å²) in [4.78, 5) is 0. The molecule has 0 saturated carbocycles. The normalized spacial score (nSPS) is 11.8. The Balaban J connectivity index is -0.000000218. The first-order valence-corrected chi connectivity index (χ1v) is 4.54. The molecule has 0 atom stereocenters. The van der Waals surface area contributed by atoms with Crippen LogP contribution >= 0.6 is 0 Å². The van der Waals surface area contributed by atoms with Crippen molar-refractivity contribution in [2.75, 3.05) is 0 Å². The van der Waals surface area contributed by atoms with Crippen molar-refractivity contribution in [1.29, 1.82) is 0 Å². The van der Waals surface area contributed by atoms with Gasteiger partial charge in [0.2, 0.25) is 0 Å². The Morgan fingerprint density at radius 2 is 0.824 bits per heavy atom. The van der Waals surface area contributed by atoms with Crippen LogP contribution < -0.4 is 0 Å². The molecule has 0 radical (unpaired) electrons. The molecule has 15 heteroatoms. The van der Waals surface area contributed by atoms with E-state index in [1.54, 1.807) is 0 Å². The largest absolute Gasteiger partial charge is 2.00 e. The van der Waals surface area contributed by atoms with E-state index < -0.39 is 34.7 Å². The summed E-state index contributed by atoms with van der Waals surface area (Å²) < 4.78 is 105. The maximum Gasteiger partial charge on any atom is 2.00 e. The topological polar surface area (TPSA) is 86.7 Å². The van der Waals surface area contributed by atoms with Gasteiger partial charge in [0, 0.05) is 0 Å². The second-order valence-electron chi connectivity index (χ2n) is 1.47. The SMILES string of the molecule is O=[S-](=O)OC(F)(F)F.O=[S-](=O)OC(F)(F)F.[Ru+2]. The van der Waals surface area contributed by atoms with E-state index in [1.807, 2.05) is 0 Å². The van der Waals surface area contributed by atoms with Crippen molar-refractivity contribution in [3.05, 3.63) is 0 Å². The first-order chi connectivity index (χ1) is 6.83. The third kappa shape index (κ3) is 31.4. The van der Waals surface area contributed by atoms with E-state index in [4.69, 9.17) is 16.8 Å². The first kappa shape index (κ1) is 22.2. The van der Waals surface area contributed by atoms with Gasteiger partial charge in [-0.15, -0.1) is 26.3 Å². The molecule has 0 heterocycles. The van der Waals surface area contributed by atoms with E-state index in [0.717, 1.165) is 0 Å². The molecule has 0 aliphatic carbocycles. The average molecular weight is 399 g/mol. The average Bonchev–Trinajstić information content (AvgIpc) is 1.72. The van der Waals surface area contributed by atoms with Crippen molar-refractivity contribution in [3.63, 3.8) is 0 Å². The van der Waals surface area contributed by atoms with E-state index in [0.29, 0.717) is 0 Å². The van der Waals surface area contributed by atoms with Gasteiger partial charge in [-0.2, -0.15) is 0 Å². The zero-order valence-corrected chi connectivity index (χ0v) is 10.3. The van der Waals surface area contributed by atoms with Crippen LogP contribution in [0.4, 0.5) is 26.3 Å². The van der Waals surface area contributed by atoms with Crippen LogP contribution in [-0.2, 0) is 66.6 Å². The molecule has 0 amide bonds. The molecule has 106 valence electrons. The Labute approximate surface area is 106 Å². The molecule has 0 bridgehead atoms. The van der Waals surface area contributed by atoms with Gasteiger partial charge >= 0.3 is 32.2 Å². The molecule has 0 aliphatic heterocycles. The third-order valence-electron chi connectivity index (χ3n) is 0.325. The zero-order chi connectivity index (χ0) is 13.6. The van der Waals surface area contributed by atoms with Gasteiger partial charge in [0.15, 0.2) is 0 Å². The summed E-state index contributed by atoms with van der Waals surface area (Å²) in [7, 11) is -7.02. The quantitative estimate of drug-likeness (QED) is 0.397. The predicted molar refractivity (Wildman–Crippen MR) is 31.8 cm³/mol. The molecular formula is C2F6O6RuS2. The number of halogens is 6. The van der Waals surface area contributed by atoms with E-state index >= 15 is 0 Å². The van der Waals surface area contributed by atoms with Crippen molar-refractivity contribution in [2.45, 2.75) is 12.7 Å². The minimum atomic E-state index is -5.09. The Hall–Kier alpha value is 0.0234. The van der Waals surface area contributed by atoms with E-state index in [1.165, 1.54) is 0 Å². The Kier molecular flexibility index (Phi) is 11.8. The molecular weight excluding hydrogens is 399 g/mol. The zero-order valence-electron chi connectivity index (χ0n) is 6.89. The van der Waals surface area contributed by atoms with Gasteiger partial charge < -0.3 is 25.2 Å². The Morgan fingerprint density at radius 3 is 0.824 bits per heavy atom. The minimum absolute atomic E-state index is 0. The van der Waals surface area contributed by atoms with Gasteiger partial charge in [0.05, 0.1) is 22.0 Å². The minimum Gasteiger partial charge on any atom is -0.397 e. The van der Waals surface area contributed by atoms with Gasteiger partial charge in [0.1, 0.15) is 0 Å². The van der Waals surface area contributed by atoms with Crippen molar-refractivity contribution in [1.82, 2.24) is 0 Å². The smallest absolute Gasteiger partial charge is 0.397 e. The maximum atomic E-state index is 10.7. The molecule has 0 saturated heterocycles. The molecule has 0 aliphatic rings. The number of alkyl halides is 6. The van der Waals surface area contributed by atoms with Crippen molar-refractivity contribution in [3.8, 4) is 0 Å². The fourth-order valence-electron chi connectivity index (χ4n) is 0.154. The summed E-state index contributed by atoms with van der Waals surface area (Å²) in [5.41, 5.74) is 0.